The average molecular weight is 402 g/mol. The predicted octanol–water partition coefficient (Wildman–Crippen LogP) is 3.65. The number of carbonyl (C=O) groups excluding carboxylic acids is 1. The highest BCUT2D eigenvalue weighted by Gasteiger charge is 2.17. The van der Waals surface area contributed by atoms with E-state index in [-0.39, 0.29) is 12.1 Å². The van der Waals surface area contributed by atoms with Crippen LogP contribution in [0.2, 0.25) is 0 Å². The van der Waals surface area contributed by atoms with Gasteiger partial charge in [0.15, 0.2) is 0 Å². The van der Waals surface area contributed by atoms with Crippen molar-refractivity contribution >= 4 is 5.97 Å². The van der Waals surface area contributed by atoms with Crippen LogP contribution >= 0.6 is 0 Å². The Bertz CT molecular complexity index is 1150. The molecule has 0 saturated carbocycles. The summed E-state index contributed by atoms with van der Waals surface area (Å²) in [6.45, 7) is 6.07. The molecule has 0 spiro atoms. The maximum atomic E-state index is 12.4. The molecule has 8 heteroatoms. The molecule has 0 aliphatic carbocycles. The molecule has 30 heavy (non-hydrogen) atoms. The Hall–Kier alpha value is -3.81. The van der Waals surface area contributed by atoms with Crippen LogP contribution < -0.4 is 0 Å². The number of aryl methyl sites for hydroxylation is 1. The molecule has 0 atom stereocenters. The van der Waals surface area contributed by atoms with E-state index in [0.717, 1.165) is 28.1 Å². The SMILES string of the molecule is Cc1ncc(C(=O)OC(C)C)n1Cc1ccc(-c2ccccc2-c2nn[nH]n2)cc1. The number of aromatic nitrogens is 6. The lowest BCUT2D eigenvalue weighted by molar-refractivity contribution is 0.0365. The molecule has 2 heterocycles. The molecule has 1 N–H and O–H groups in total. The molecule has 0 saturated heterocycles. The van der Waals surface area contributed by atoms with Crippen LogP contribution in [0.5, 0.6) is 0 Å². The zero-order valence-electron chi connectivity index (χ0n) is 17.0. The van der Waals surface area contributed by atoms with E-state index < -0.39 is 0 Å². The summed E-state index contributed by atoms with van der Waals surface area (Å²) in [4.78, 5) is 16.7. The van der Waals surface area contributed by atoms with Gasteiger partial charge in [-0.05, 0) is 42.7 Å². The second kappa shape index (κ2) is 8.28. The number of imidazole rings is 1. The molecule has 0 radical (unpaired) electrons. The minimum atomic E-state index is -0.365. The maximum absolute atomic E-state index is 12.4. The lowest BCUT2D eigenvalue weighted by Crippen LogP contribution is -2.17. The number of esters is 1. The maximum Gasteiger partial charge on any atom is 0.356 e. The van der Waals surface area contributed by atoms with Gasteiger partial charge in [-0.15, -0.1) is 10.2 Å². The molecule has 4 rings (SSSR count). The minimum Gasteiger partial charge on any atom is -0.458 e. The van der Waals surface area contributed by atoms with E-state index in [9.17, 15) is 4.79 Å². The van der Waals surface area contributed by atoms with Crippen molar-refractivity contribution in [3.63, 3.8) is 0 Å². The fourth-order valence-electron chi connectivity index (χ4n) is 3.28. The van der Waals surface area contributed by atoms with E-state index in [4.69, 9.17) is 4.74 Å². The predicted molar refractivity (Wildman–Crippen MR) is 112 cm³/mol. The second-order valence-electron chi connectivity index (χ2n) is 7.21. The molecule has 2 aromatic carbocycles. The van der Waals surface area contributed by atoms with Crippen molar-refractivity contribution in [1.29, 1.82) is 0 Å². The van der Waals surface area contributed by atoms with Crippen molar-refractivity contribution in [1.82, 2.24) is 30.2 Å². The summed E-state index contributed by atoms with van der Waals surface area (Å²) in [7, 11) is 0. The summed E-state index contributed by atoms with van der Waals surface area (Å²) in [5.74, 6) is 0.950. The lowest BCUT2D eigenvalue weighted by Gasteiger charge is -2.13. The number of nitrogens with zero attached hydrogens (tertiary/aromatic N) is 5. The first-order chi connectivity index (χ1) is 14.5. The van der Waals surface area contributed by atoms with Gasteiger partial charge < -0.3 is 9.30 Å². The Labute approximate surface area is 173 Å². The van der Waals surface area contributed by atoms with Crippen molar-refractivity contribution in [2.45, 2.75) is 33.4 Å². The molecule has 0 amide bonds. The van der Waals surface area contributed by atoms with Crippen LogP contribution in [-0.4, -0.2) is 42.2 Å². The summed E-state index contributed by atoms with van der Waals surface area (Å²) in [6, 6.07) is 16.1. The van der Waals surface area contributed by atoms with Gasteiger partial charge in [0.1, 0.15) is 11.5 Å². The van der Waals surface area contributed by atoms with Crippen molar-refractivity contribution < 1.29 is 9.53 Å². The van der Waals surface area contributed by atoms with Crippen molar-refractivity contribution in [3.05, 3.63) is 71.8 Å². The van der Waals surface area contributed by atoms with Crippen molar-refractivity contribution in [2.75, 3.05) is 0 Å². The van der Waals surface area contributed by atoms with Gasteiger partial charge in [0.2, 0.25) is 5.82 Å². The van der Waals surface area contributed by atoms with Crippen LogP contribution in [0, 0.1) is 6.92 Å². The summed E-state index contributed by atoms with van der Waals surface area (Å²) in [5.41, 5.74) is 4.47. The van der Waals surface area contributed by atoms with Crippen LogP contribution in [-0.2, 0) is 11.3 Å². The van der Waals surface area contributed by atoms with Gasteiger partial charge in [-0.25, -0.2) is 9.78 Å². The normalized spacial score (nSPS) is 11.1. The smallest absolute Gasteiger partial charge is 0.356 e. The molecule has 8 nitrogen and oxygen atoms in total. The van der Waals surface area contributed by atoms with Gasteiger partial charge in [0, 0.05) is 12.1 Å². The Balaban J connectivity index is 1.60. The first kappa shape index (κ1) is 19.5. The van der Waals surface area contributed by atoms with E-state index in [1.807, 2.05) is 73.9 Å². The molecule has 4 aromatic rings. The highest BCUT2D eigenvalue weighted by molar-refractivity contribution is 5.87. The summed E-state index contributed by atoms with van der Waals surface area (Å²) in [6.07, 6.45) is 1.38. The van der Waals surface area contributed by atoms with Crippen molar-refractivity contribution in [3.8, 4) is 22.5 Å². The molecule has 0 aliphatic heterocycles. The fraction of sp³-hybridized carbons (Fsp3) is 0.227. The Morgan fingerprint density at radius 1 is 1.10 bits per heavy atom. The molecular formula is C22H22N6O2. The van der Waals surface area contributed by atoms with Gasteiger partial charge in [0.05, 0.1) is 12.3 Å². The van der Waals surface area contributed by atoms with Crippen LogP contribution in [0.4, 0.5) is 0 Å². The Kier molecular flexibility index (Phi) is 5.38. The fourth-order valence-corrected chi connectivity index (χ4v) is 3.28. The number of benzene rings is 2. The third-order valence-corrected chi connectivity index (χ3v) is 4.73. The van der Waals surface area contributed by atoms with E-state index in [0.29, 0.717) is 18.1 Å². The van der Waals surface area contributed by atoms with Gasteiger partial charge in [-0.2, -0.15) is 5.21 Å². The number of H-pyrrole nitrogens is 1. The Morgan fingerprint density at radius 2 is 1.83 bits per heavy atom. The Morgan fingerprint density at radius 3 is 2.50 bits per heavy atom. The number of aromatic amines is 1. The van der Waals surface area contributed by atoms with Gasteiger partial charge in [-0.3, -0.25) is 0 Å². The van der Waals surface area contributed by atoms with E-state index in [1.54, 1.807) is 6.20 Å². The number of rotatable bonds is 6. The highest BCUT2D eigenvalue weighted by Crippen LogP contribution is 2.29. The number of hydrogen-bond acceptors (Lipinski definition) is 6. The van der Waals surface area contributed by atoms with E-state index >= 15 is 0 Å². The number of hydrogen-bond donors (Lipinski definition) is 1. The minimum absolute atomic E-state index is 0.181. The number of ether oxygens (including phenoxy) is 1. The zero-order valence-corrected chi connectivity index (χ0v) is 17.0. The van der Waals surface area contributed by atoms with Crippen LogP contribution in [0.15, 0.2) is 54.7 Å². The molecule has 0 aliphatic rings. The number of tetrazole rings is 1. The first-order valence-corrected chi connectivity index (χ1v) is 9.68. The third-order valence-electron chi connectivity index (χ3n) is 4.73. The lowest BCUT2D eigenvalue weighted by atomic mass is 9.98. The zero-order chi connectivity index (χ0) is 21.1. The van der Waals surface area contributed by atoms with Crippen LogP contribution in [0.25, 0.3) is 22.5 Å². The second-order valence-corrected chi connectivity index (χ2v) is 7.21. The monoisotopic (exact) mass is 402 g/mol. The van der Waals surface area contributed by atoms with Crippen LogP contribution in [0.1, 0.15) is 35.7 Å². The summed E-state index contributed by atoms with van der Waals surface area (Å²) >= 11 is 0. The average Bonchev–Trinajstić information content (AvgIpc) is 3.39. The first-order valence-electron chi connectivity index (χ1n) is 9.68. The van der Waals surface area contributed by atoms with Gasteiger partial charge in [0.25, 0.3) is 0 Å². The van der Waals surface area contributed by atoms with Gasteiger partial charge >= 0.3 is 5.97 Å². The van der Waals surface area contributed by atoms with Gasteiger partial charge in [-0.1, -0.05) is 48.5 Å². The molecule has 0 unspecified atom stereocenters. The molecule has 152 valence electrons. The quantitative estimate of drug-likeness (QED) is 0.494. The summed E-state index contributed by atoms with van der Waals surface area (Å²) in [5, 5.41) is 14.3. The molecule has 0 bridgehead atoms. The summed E-state index contributed by atoms with van der Waals surface area (Å²) < 4.78 is 7.20. The topological polar surface area (TPSA) is 98.6 Å². The largest absolute Gasteiger partial charge is 0.458 e. The standard InChI is InChI=1S/C22H22N6O2/c1-14(2)30-22(29)20-12-23-15(3)28(20)13-16-8-10-17(11-9-16)18-6-4-5-7-19(18)21-24-26-27-25-21/h4-12,14H,13H2,1-3H3,(H,24,25,26,27). The van der Waals surface area contributed by atoms with E-state index in [1.165, 1.54) is 0 Å². The highest BCUT2D eigenvalue weighted by atomic mass is 16.5. The van der Waals surface area contributed by atoms with E-state index in [2.05, 4.69) is 25.6 Å². The van der Waals surface area contributed by atoms with Crippen molar-refractivity contribution in [2.24, 2.45) is 0 Å². The number of carbonyl (C=O) groups is 1. The number of nitrogens with one attached hydrogen (secondary N) is 1. The third kappa shape index (κ3) is 3.98. The van der Waals surface area contributed by atoms with Crippen LogP contribution in [0.3, 0.4) is 0 Å². The molecule has 2 aromatic heterocycles. The molecular weight excluding hydrogens is 380 g/mol. The molecule has 0 fully saturated rings.